The van der Waals surface area contributed by atoms with Gasteiger partial charge in [0.25, 0.3) is 5.56 Å². The number of fused-ring (bicyclic) bond motifs is 1. The molecule has 0 unspecified atom stereocenters. The Morgan fingerprint density at radius 2 is 1.85 bits per heavy atom. The number of ether oxygens (including phenoxy) is 1. The van der Waals surface area contributed by atoms with Crippen molar-refractivity contribution >= 4 is 16.7 Å². The van der Waals surface area contributed by atoms with Crippen LogP contribution in [0.2, 0.25) is 0 Å². The fraction of sp³-hybridized carbons (Fsp3) is 0.286. The summed E-state index contributed by atoms with van der Waals surface area (Å²) in [5, 5.41) is 8.68. The van der Waals surface area contributed by atoms with Crippen molar-refractivity contribution in [2.45, 2.75) is 25.5 Å². The van der Waals surface area contributed by atoms with E-state index in [1.165, 1.54) is 4.68 Å². The maximum absolute atomic E-state index is 12.8. The lowest BCUT2D eigenvalue weighted by atomic mass is 10.1. The molecule has 1 fully saturated rings. The lowest BCUT2D eigenvalue weighted by Gasteiger charge is -2.13. The van der Waals surface area contributed by atoms with E-state index in [1.54, 1.807) is 6.07 Å². The molecule has 0 spiro atoms. The van der Waals surface area contributed by atoms with E-state index < -0.39 is 0 Å². The van der Waals surface area contributed by atoms with Gasteiger partial charge in [0.2, 0.25) is 5.91 Å². The van der Waals surface area contributed by atoms with E-state index in [4.69, 9.17) is 4.74 Å². The summed E-state index contributed by atoms with van der Waals surface area (Å²) >= 11 is 0. The van der Waals surface area contributed by atoms with E-state index in [1.807, 2.05) is 48.5 Å². The second-order valence-electron chi connectivity index (χ2n) is 6.66. The van der Waals surface area contributed by atoms with Crippen LogP contribution >= 0.6 is 0 Å². The Kier molecular flexibility index (Phi) is 4.98. The highest BCUT2D eigenvalue weighted by Gasteiger charge is 2.17. The van der Waals surface area contributed by atoms with Gasteiger partial charge in [-0.15, -0.1) is 0 Å². The molecule has 1 saturated heterocycles. The number of carbonyl (C=O) groups excluding carboxylic acids is 1. The second kappa shape index (κ2) is 7.72. The molecule has 138 valence electrons. The highest BCUT2D eigenvalue weighted by atomic mass is 16.5. The van der Waals surface area contributed by atoms with E-state index in [2.05, 4.69) is 10.4 Å². The van der Waals surface area contributed by atoms with Gasteiger partial charge in [-0.3, -0.25) is 9.59 Å². The third-order valence-corrected chi connectivity index (χ3v) is 4.76. The molecule has 6 heteroatoms. The van der Waals surface area contributed by atoms with Gasteiger partial charge in [-0.25, -0.2) is 4.68 Å². The average molecular weight is 363 g/mol. The number of rotatable bonds is 5. The minimum atomic E-state index is -0.266. The van der Waals surface area contributed by atoms with Gasteiger partial charge in [0, 0.05) is 24.1 Å². The first-order valence-electron chi connectivity index (χ1n) is 9.16. The number of nitrogens with zero attached hydrogens (tertiary/aromatic N) is 2. The van der Waals surface area contributed by atoms with Crippen molar-refractivity contribution < 1.29 is 9.53 Å². The standard InChI is InChI=1S/C21H21N3O3/c25-19(22-13-16-9-6-12-27-16)14-24-21(26)18-11-5-4-10-17(18)20(23-24)15-7-2-1-3-8-15/h1-5,7-8,10-11,16H,6,9,12-14H2,(H,22,25)/t16-/m1/s1. The summed E-state index contributed by atoms with van der Waals surface area (Å²) in [4.78, 5) is 25.1. The van der Waals surface area contributed by atoms with Crippen LogP contribution in [-0.4, -0.2) is 34.9 Å². The molecule has 1 N–H and O–H groups in total. The minimum Gasteiger partial charge on any atom is -0.376 e. The molecule has 4 rings (SSSR count). The van der Waals surface area contributed by atoms with Gasteiger partial charge in [0.1, 0.15) is 6.54 Å². The van der Waals surface area contributed by atoms with Gasteiger partial charge >= 0.3 is 0 Å². The quantitative estimate of drug-likeness (QED) is 0.755. The maximum atomic E-state index is 12.8. The average Bonchev–Trinajstić information content (AvgIpc) is 3.23. The van der Waals surface area contributed by atoms with Crippen LogP contribution in [-0.2, 0) is 16.1 Å². The van der Waals surface area contributed by atoms with Crippen LogP contribution in [0.5, 0.6) is 0 Å². The van der Waals surface area contributed by atoms with Gasteiger partial charge in [-0.05, 0) is 18.9 Å². The van der Waals surface area contributed by atoms with E-state index >= 15 is 0 Å². The van der Waals surface area contributed by atoms with Crippen molar-refractivity contribution in [2.24, 2.45) is 0 Å². The number of aromatic nitrogens is 2. The molecular weight excluding hydrogens is 342 g/mol. The summed E-state index contributed by atoms with van der Waals surface area (Å²) in [5.41, 5.74) is 1.33. The lowest BCUT2D eigenvalue weighted by molar-refractivity contribution is -0.122. The topological polar surface area (TPSA) is 73.2 Å². The van der Waals surface area contributed by atoms with Crippen LogP contribution in [0.4, 0.5) is 0 Å². The lowest BCUT2D eigenvalue weighted by Crippen LogP contribution is -2.37. The molecule has 1 amide bonds. The van der Waals surface area contributed by atoms with Crippen molar-refractivity contribution in [3.8, 4) is 11.3 Å². The number of amides is 1. The molecule has 1 aliphatic rings. The number of hydrogen-bond acceptors (Lipinski definition) is 4. The molecule has 1 aromatic heterocycles. The molecule has 1 aliphatic heterocycles. The summed E-state index contributed by atoms with van der Waals surface area (Å²) < 4.78 is 6.76. The fourth-order valence-electron chi connectivity index (χ4n) is 3.38. The fourth-order valence-corrected chi connectivity index (χ4v) is 3.38. The van der Waals surface area contributed by atoms with E-state index in [0.29, 0.717) is 17.6 Å². The van der Waals surface area contributed by atoms with Crippen molar-refractivity contribution in [1.29, 1.82) is 0 Å². The Hall–Kier alpha value is -2.99. The molecule has 0 aliphatic carbocycles. The van der Waals surface area contributed by atoms with Gasteiger partial charge in [0.15, 0.2) is 0 Å². The van der Waals surface area contributed by atoms with Crippen molar-refractivity contribution in [3.63, 3.8) is 0 Å². The third-order valence-electron chi connectivity index (χ3n) is 4.76. The zero-order valence-corrected chi connectivity index (χ0v) is 14.9. The molecule has 0 radical (unpaired) electrons. The molecule has 0 bridgehead atoms. The Morgan fingerprint density at radius 3 is 2.59 bits per heavy atom. The summed E-state index contributed by atoms with van der Waals surface area (Å²) in [6.07, 6.45) is 2.04. The highest BCUT2D eigenvalue weighted by molar-refractivity contribution is 5.93. The minimum absolute atomic E-state index is 0.0649. The zero-order valence-electron chi connectivity index (χ0n) is 14.9. The third kappa shape index (κ3) is 3.75. The van der Waals surface area contributed by atoms with Crippen LogP contribution in [0.15, 0.2) is 59.4 Å². The molecule has 2 heterocycles. The number of benzene rings is 2. The summed E-state index contributed by atoms with van der Waals surface area (Å²) in [5.74, 6) is -0.241. The Labute approximate surface area is 156 Å². The Bertz CT molecular complexity index is 1010. The van der Waals surface area contributed by atoms with Crippen LogP contribution in [0.1, 0.15) is 12.8 Å². The number of hydrogen-bond donors (Lipinski definition) is 1. The number of carbonyl (C=O) groups is 1. The van der Waals surface area contributed by atoms with Crippen molar-refractivity contribution in [3.05, 3.63) is 65.0 Å². The van der Waals surface area contributed by atoms with Gasteiger partial charge in [0.05, 0.1) is 17.2 Å². The normalized spacial score (nSPS) is 16.5. The van der Waals surface area contributed by atoms with Gasteiger partial charge in [-0.1, -0.05) is 48.5 Å². The van der Waals surface area contributed by atoms with Crippen LogP contribution in [0.25, 0.3) is 22.0 Å². The molecule has 0 saturated carbocycles. The van der Waals surface area contributed by atoms with E-state index in [0.717, 1.165) is 30.4 Å². The SMILES string of the molecule is O=C(Cn1nc(-c2ccccc2)c2ccccc2c1=O)NC[C@H]1CCCO1. The smallest absolute Gasteiger partial charge is 0.275 e. The summed E-state index contributed by atoms with van der Waals surface area (Å²) in [6.45, 7) is 1.09. The predicted molar refractivity (Wildman–Crippen MR) is 103 cm³/mol. The zero-order chi connectivity index (χ0) is 18.6. The van der Waals surface area contributed by atoms with Crippen LogP contribution in [0.3, 0.4) is 0 Å². The molecule has 2 aromatic carbocycles. The van der Waals surface area contributed by atoms with Crippen LogP contribution in [0, 0.1) is 0 Å². The number of nitrogens with one attached hydrogen (secondary N) is 1. The summed E-state index contributed by atoms with van der Waals surface area (Å²) in [7, 11) is 0. The Balaban J connectivity index is 1.65. The molecule has 1 atom stereocenters. The molecule has 27 heavy (non-hydrogen) atoms. The molecular formula is C21H21N3O3. The van der Waals surface area contributed by atoms with E-state index in [-0.39, 0.29) is 24.1 Å². The molecule has 3 aromatic rings. The monoisotopic (exact) mass is 363 g/mol. The maximum Gasteiger partial charge on any atom is 0.275 e. The predicted octanol–water partition coefficient (Wildman–Crippen LogP) is 2.36. The second-order valence-corrected chi connectivity index (χ2v) is 6.66. The van der Waals surface area contributed by atoms with E-state index in [9.17, 15) is 9.59 Å². The first-order valence-corrected chi connectivity index (χ1v) is 9.16. The van der Waals surface area contributed by atoms with Gasteiger partial charge in [-0.2, -0.15) is 5.10 Å². The Morgan fingerprint density at radius 1 is 1.11 bits per heavy atom. The highest BCUT2D eigenvalue weighted by Crippen LogP contribution is 2.24. The summed E-state index contributed by atoms with van der Waals surface area (Å²) in [6, 6.07) is 17.0. The first-order chi connectivity index (χ1) is 13.2. The van der Waals surface area contributed by atoms with Crippen LogP contribution < -0.4 is 10.9 Å². The molecule has 6 nitrogen and oxygen atoms in total. The first kappa shape index (κ1) is 17.4. The van der Waals surface area contributed by atoms with Crippen molar-refractivity contribution in [2.75, 3.05) is 13.2 Å². The van der Waals surface area contributed by atoms with Gasteiger partial charge < -0.3 is 10.1 Å². The largest absolute Gasteiger partial charge is 0.376 e. The van der Waals surface area contributed by atoms with Crippen molar-refractivity contribution in [1.82, 2.24) is 15.1 Å².